The lowest BCUT2D eigenvalue weighted by Gasteiger charge is -2.38. The molecule has 4 rings (SSSR count). The molecule has 1 saturated heterocycles. The van der Waals surface area contributed by atoms with Gasteiger partial charge in [-0.15, -0.1) is 24.8 Å². The van der Waals surface area contributed by atoms with Gasteiger partial charge in [0.15, 0.2) is 0 Å². The Labute approximate surface area is 230 Å². The number of halogens is 6. The first kappa shape index (κ1) is 31.1. The van der Waals surface area contributed by atoms with E-state index in [1.54, 1.807) is 6.20 Å². The summed E-state index contributed by atoms with van der Waals surface area (Å²) in [5.41, 5.74) is 5.46. The number of rotatable bonds is 5. The van der Waals surface area contributed by atoms with Crippen LogP contribution in [0.25, 0.3) is 11.1 Å². The van der Waals surface area contributed by atoms with Crippen LogP contribution in [0.5, 0.6) is 5.75 Å². The smallest absolute Gasteiger partial charge is 0.258 e. The number of carbonyl (C=O) groups excluding carboxylic acids is 1. The Morgan fingerprint density at radius 1 is 1.05 bits per heavy atom. The molecule has 0 saturated carbocycles. The number of pyridine rings is 1. The molecule has 12 heteroatoms. The van der Waals surface area contributed by atoms with Crippen LogP contribution in [0.4, 0.5) is 28.9 Å². The second kappa shape index (κ2) is 12.6. The minimum atomic E-state index is -1.40. The molecule has 0 unspecified atom stereocenters. The van der Waals surface area contributed by atoms with Crippen molar-refractivity contribution in [3.63, 3.8) is 0 Å². The molecule has 3 N–H and O–H groups in total. The molecule has 2 heterocycles. The van der Waals surface area contributed by atoms with Crippen molar-refractivity contribution in [1.29, 1.82) is 0 Å². The number of piperidine rings is 1. The van der Waals surface area contributed by atoms with E-state index in [-0.39, 0.29) is 36.6 Å². The maximum absolute atomic E-state index is 15.4. The summed E-state index contributed by atoms with van der Waals surface area (Å²) >= 11 is 0. The van der Waals surface area contributed by atoms with Crippen molar-refractivity contribution in [2.75, 3.05) is 30.4 Å². The zero-order valence-corrected chi connectivity index (χ0v) is 22.5. The van der Waals surface area contributed by atoms with Crippen LogP contribution in [0.1, 0.15) is 29.3 Å². The number of nitrogens with two attached hydrogens (primary N) is 1. The highest BCUT2D eigenvalue weighted by atomic mass is 35.5. The monoisotopic (exact) mass is 574 g/mol. The predicted octanol–water partition coefficient (Wildman–Crippen LogP) is 5.89. The fraction of sp³-hybridized carbons (Fsp3) is 0.308. The molecule has 38 heavy (non-hydrogen) atoms. The highest BCUT2D eigenvalue weighted by molar-refractivity contribution is 6.07. The summed E-state index contributed by atoms with van der Waals surface area (Å²) in [5, 5.41) is 2.63. The van der Waals surface area contributed by atoms with Gasteiger partial charge in [0.1, 0.15) is 29.0 Å². The topological polar surface area (TPSA) is 80.5 Å². The number of amides is 1. The number of anilines is 2. The summed E-state index contributed by atoms with van der Waals surface area (Å²) in [6.45, 7) is 5.16. The van der Waals surface area contributed by atoms with Gasteiger partial charge in [-0.1, -0.05) is 6.92 Å². The highest BCUT2D eigenvalue weighted by Crippen LogP contribution is 2.36. The summed E-state index contributed by atoms with van der Waals surface area (Å²) in [7, 11) is 1.20. The summed E-state index contributed by atoms with van der Waals surface area (Å²) in [4.78, 5) is 19.3. The lowest BCUT2D eigenvalue weighted by atomic mass is 9.95. The van der Waals surface area contributed by atoms with E-state index in [2.05, 4.69) is 17.2 Å². The van der Waals surface area contributed by atoms with Crippen molar-refractivity contribution in [3.8, 4) is 16.9 Å². The van der Waals surface area contributed by atoms with Crippen molar-refractivity contribution < 1.29 is 27.1 Å². The zero-order valence-electron chi connectivity index (χ0n) is 20.9. The Morgan fingerprint density at radius 3 is 2.32 bits per heavy atom. The molecule has 1 amide bonds. The largest absolute Gasteiger partial charge is 0.497 e. The summed E-state index contributed by atoms with van der Waals surface area (Å²) in [6.07, 6.45) is 3.93. The maximum Gasteiger partial charge on any atom is 0.258 e. The molecular formula is C26H28Cl2F4N4O2. The van der Waals surface area contributed by atoms with Crippen molar-refractivity contribution in [2.45, 2.75) is 26.3 Å². The van der Waals surface area contributed by atoms with Crippen LogP contribution < -0.4 is 20.7 Å². The van der Waals surface area contributed by atoms with Gasteiger partial charge >= 0.3 is 0 Å². The molecule has 1 fully saturated rings. The molecule has 2 aromatic carbocycles. The van der Waals surface area contributed by atoms with Gasteiger partial charge in [-0.25, -0.2) is 17.6 Å². The number of aryl methyl sites for hydroxylation is 1. The Bertz CT molecular complexity index is 1300. The predicted molar refractivity (Wildman–Crippen MR) is 144 cm³/mol. The second-order valence-corrected chi connectivity index (χ2v) is 9.06. The van der Waals surface area contributed by atoms with E-state index in [1.807, 2.05) is 11.8 Å². The number of benzene rings is 2. The molecule has 0 bridgehead atoms. The first-order valence-electron chi connectivity index (χ1n) is 11.4. The lowest BCUT2D eigenvalue weighted by Crippen LogP contribution is -2.47. The van der Waals surface area contributed by atoms with Crippen LogP contribution in [0.15, 0.2) is 36.7 Å². The van der Waals surface area contributed by atoms with E-state index >= 15 is 4.39 Å². The SMILES string of the molecule is COc1cc(F)c(-c2c(F)ccc(C(=O)Nc3cncc(C)c3N3C[C@H](C)C[C@H](N)C3)c2F)c(F)c1.Cl.Cl. The van der Waals surface area contributed by atoms with E-state index in [1.165, 1.54) is 13.3 Å². The van der Waals surface area contributed by atoms with Crippen LogP contribution in [0.3, 0.4) is 0 Å². The molecular weight excluding hydrogens is 547 g/mol. The van der Waals surface area contributed by atoms with E-state index in [0.29, 0.717) is 30.4 Å². The van der Waals surface area contributed by atoms with Gasteiger partial charge in [0.25, 0.3) is 5.91 Å². The fourth-order valence-electron chi connectivity index (χ4n) is 4.71. The molecule has 1 aromatic heterocycles. The number of aromatic nitrogens is 1. The quantitative estimate of drug-likeness (QED) is 0.371. The van der Waals surface area contributed by atoms with Crippen molar-refractivity contribution in [1.82, 2.24) is 4.98 Å². The minimum Gasteiger partial charge on any atom is -0.497 e. The third-order valence-electron chi connectivity index (χ3n) is 6.19. The molecule has 2 atom stereocenters. The number of ether oxygens (including phenoxy) is 1. The van der Waals surface area contributed by atoms with E-state index in [9.17, 15) is 18.0 Å². The normalized spacial score (nSPS) is 16.8. The van der Waals surface area contributed by atoms with Gasteiger partial charge in [-0.05, 0) is 37.0 Å². The molecule has 0 radical (unpaired) electrons. The number of carbonyl (C=O) groups is 1. The van der Waals surface area contributed by atoms with E-state index in [0.717, 1.165) is 36.2 Å². The number of hydrogen-bond donors (Lipinski definition) is 2. The Morgan fingerprint density at radius 2 is 1.71 bits per heavy atom. The third-order valence-corrected chi connectivity index (χ3v) is 6.19. The van der Waals surface area contributed by atoms with E-state index < -0.39 is 45.9 Å². The molecule has 0 spiro atoms. The van der Waals surface area contributed by atoms with Crippen LogP contribution in [-0.2, 0) is 0 Å². The lowest BCUT2D eigenvalue weighted by molar-refractivity contribution is 0.102. The van der Waals surface area contributed by atoms with Crippen LogP contribution in [0.2, 0.25) is 0 Å². The first-order chi connectivity index (χ1) is 17.1. The zero-order chi connectivity index (χ0) is 26.1. The summed E-state index contributed by atoms with van der Waals surface area (Å²) in [5.74, 6) is -5.85. The minimum absolute atomic E-state index is 0. The third kappa shape index (κ3) is 6.14. The maximum atomic E-state index is 15.4. The standard InChI is InChI=1S/C26H26F4N4O2.2ClH/c1-13-6-15(31)12-34(11-13)25-14(2)9-32-10-21(25)33-26(35)17-4-5-18(27)23(24(17)30)22-19(28)7-16(36-3)8-20(22)29;;/h4-5,7-10,13,15H,6,11-12,31H2,1-3H3,(H,33,35);2*1H/t13-,15+;;/m1../s1. The molecule has 6 nitrogen and oxygen atoms in total. The number of nitrogens with zero attached hydrogens (tertiary/aromatic N) is 2. The van der Waals surface area contributed by atoms with Crippen LogP contribution in [-0.4, -0.2) is 37.1 Å². The van der Waals surface area contributed by atoms with Gasteiger partial charge in [0, 0.05) is 37.5 Å². The van der Waals surface area contributed by atoms with Gasteiger partial charge < -0.3 is 20.7 Å². The highest BCUT2D eigenvalue weighted by Gasteiger charge is 2.28. The molecule has 1 aliphatic rings. The number of nitrogens with one attached hydrogen (secondary N) is 1. The molecule has 3 aromatic rings. The summed E-state index contributed by atoms with van der Waals surface area (Å²) in [6, 6.07) is 3.26. The Balaban J connectivity index is 0.00000253. The Kier molecular flexibility index (Phi) is 10.4. The average molecular weight is 575 g/mol. The van der Waals surface area contributed by atoms with Gasteiger partial charge in [-0.2, -0.15) is 0 Å². The second-order valence-electron chi connectivity index (χ2n) is 9.06. The van der Waals surface area contributed by atoms with Crippen LogP contribution >= 0.6 is 24.8 Å². The van der Waals surface area contributed by atoms with Crippen molar-refractivity contribution in [3.05, 3.63) is 71.1 Å². The molecule has 206 valence electrons. The van der Waals surface area contributed by atoms with Crippen molar-refractivity contribution >= 4 is 42.1 Å². The first-order valence-corrected chi connectivity index (χ1v) is 11.4. The summed E-state index contributed by atoms with van der Waals surface area (Å²) < 4.78 is 64.1. The molecule has 1 aliphatic heterocycles. The number of methoxy groups -OCH3 is 1. The van der Waals surface area contributed by atoms with Gasteiger partial charge in [0.05, 0.1) is 41.4 Å². The van der Waals surface area contributed by atoms with E-state index in [4.69, 9.17) is 10.5 Å². The average Bonchev–Trinajstić information content (AvgIpc) is 2.79. The van der Waals surface area contributed by atoms with Crippen molar-refractivity contribution in [2.24, 2.45) is 11.7 Å². The fourth-order valence-corrected chi connectivity index (χ4v) is 4.71. The van der Waals surface area contributed by atoms with Crippen LogP contribution in [0, 0.1) is 36.1 Å². The van der Waals surface area contributed by atoms with Gasteiger partial charge in [-0.3, -0.25) is 9.78 Å². The Hall–Kier alpha value is -3.08. The number of hydrogen-bond acceptors (Lipinski definition) is 5. The molecule has 0 aliphatic carbocycles. The van der Waals surface area contributed by atoms with Gasteiger partial charge in [0.2, 0.25) is 0 Å².